The summed E-state index contributed by atoms with van der Waals surface area (Å²) in [5, 5.41) is 11.9. The average Bonchev–Trinajstić information content (AvgIpc) is 3.59. The Morgan fingerprint density at radius 2 is 2.00 bits per heavy atom. The molecule has 35 heavy (non-hydrogen) atoms. The van der Waals surface area contributed by atoms with E-state index in [9.17, 15) is 9.18 Å². The van der Waals surface area contributed by atoms with Crippen LogP contribution in [0.2, 0.25) is 5.02 Å². The van der Waals surface area contributed by atoms with Crippen LogP contribution in [0.25, 0.3) is 22.4 Å². The Morgan fingerprint density at radius 1 is 1.11 bits per heavy atom. The van der Waals surface area contributed by atoms with Gasteiger partial charge in [0.1, 0.15) is 6.33 Å². The van der Waals surface area contributed by atoms with Crippen LogP contribution in [0.3, 0.4) is 0 Å². The maximum absolute atomic E-state index is 14.8. The number of fused-ring (bicyclic) bond motifs is 1. The maximum Gasteiger partial charge on any atom is 0.251 e. The van der Waals surface area contributed by atoms with Gasteiger partial charge in [-0.15, -0.1) is 5.10 Å². The van der Waals surface area contributed by atoms with E-state index in [0.717, 1.165) is 22.5 Å². The number of benzene rings is 1. The molecule has 174 valence electrons. The molecule has 8 nitrogen and oxygen atoms in total. The Balaban J connectivity index is 1.35. The zero-order valence-corrected chi connectivity index (χ0v) is 19.4. The van der Waals surface area contributed by atoms with Gasteiger partial charge in [0, 0.05) is 57.5 Å². The molecule has 10 heteroatoms. The Morgan fingerprint density at radius 3 is 2.77 bits per heavy atom. The molecule has 4 aromatic rings. The van der Waals surface area contributed by atoms with E-state index < -0.39 is 5.95 Å². The standard InChI is InChI=1S/C25H19ClFN7O/c1-14-2-3-15(12-28-14)20-11-21(30-25(20)27)23-7-5-18-8-16(9-24(35)34(18)23)19-10-17(26)4-6-22(19)33-13-29-31-32-33/h2-4,6,8-10,12-13,23H,5,7,11H2,1H3/t23-/m0/s1. The Bertz CT molecular complexity index is 1570. The number of tetrazole rings is 1. The van der Waals surface area contributed by atoms with E-state index in [1.54, 1.807) is 29.0 Å². The zero-order valence-electron chi connectivity index (χ0n) is 18.7. The number of aliphatic imine (C=N–C) groups is 1. The summed E-state index contributed by atoms with van der Waals surface area (Å²) in [6.45, 7) is 1.89. The van der Waals surface area contributed by atoms with Crippen LogP contribution >= 0.6 is 11.6 Å². The first-order valence-electron chi connectivity index (χ1n) is 11.2. The van der Waals surface area contributed by atoms with Gasteiger partial charge >= 0.3 is 0 Å². The normalized spacial score (nSPS) is 17.1. The number of hydrogen-bond acceptors (Lipinski definition) is 6. The molecule has 0 fully saturated rings. The van der Waals surface area contributed by atoms with Crippen LogP contribution in [0.1, 0.15) is 35.8 Å². The van der Waals surface area contributed by atoms with Gasteiger partial charge in [-0.05, 0) is 66.1 Å². The van der Waals surface area contributed by atoms with Gasteiger partial charge < -0.3 is 4.57 Å². The molecule has 0 N–H and O–H groups in total. The van der Waals surface area contributed by atoms with E-state index in [1.807, 2.05) is 31.2 Å². The molecule has 1 aromatic carbocycles. The minimum Gasteiger partial charge on any atom is -0.304 e. The quantitative estimate of drug-likeness (QED) is 0.395. The summed E-state index contributed by atoms with van der Waals surface area (Å²) in [5.41, 5.74) is 5.62. The highest BCUT2D eigenvalue weighted by Gasteiger charge is 2.32. The van der Waals surface area contributed by atoms with E-state index in [0.29, 0.717) is 46.8 Å². The minimum absolute atomic E-state index is 0.170. The third kappa shape index (κ3) is 3.77. The Kier molecular flexibility index (Phi) is 5.14. The van der Waals surface area contributed by atoms with Crippen molar-refractivity contribution >= 4 is 22.9 Å². The van der Waals surface area contributed by atoms with Gasteiger partial charge in [0.05, 0.1) is 11.7 Å². The number of aromatic nitrogens is 6. The van der Waals surface area contributed by atoms with Gasteiger partial charge in [-0.2, -0.15) is 9.07 Å². The molecule has 0 aliphatic carbocycles. The van der Waals surface area contributed by atoms with Crippen LogP contribution in [0.4, 0.5) is 4.39 Å². The van der Waals surface area contributed by atoms with Crippen LogP contribution < -0.4 is 5.56 Å². The van der Waals surface area contributed by atoms with Crippen molar-refractivity contribution in [2.75, 3.05) is 0 Å². The van der Waals surface area contributed by atoms with Crippen molar-refractivity contribution in [3.05, 3.63) is 93.3 Å². The lowest BCUT2D eigenvalue weighted by Crippen LogP contribution is -2.27. The fourth-order valence-electron chi connectivity index (χ4n) is 4.82. The molecular weight excluding hydrogens is 469 g/mol. The molecular formula is C25H19ClFN7O. The third-order valence-electron chi connectivity index (χ3n) is 6.49. The van der Waals surface area contributed by atoms with Crippen LogP contribution in [-0.4, -0.2) is 35.5 Å². The molecule has 0 saturated carbocycles. The first-order chi connectivity index (χ1) is 17.0. The highest BCUT2D eigenvalue weighted by molar-refractivity contribution is 6.31. The lowest BCUT2D eigenvalue weighted by atomic mass is 9.99. The van der Waals surface area contributed by atoms with Crippen LogP contribution in [0.15, 0.2) is 70.7 Å². The summed E-state index contributed by atoms with van der Waals surface area (Å²) < 4.78 is 18.1. The number of hydrogen-bond donors (Lipinski definition) is 0. The fraction of sp³-hybridized carbons (Fsp3) is 0.200. The highest BCUT2D eigenvalue weighted by Crippen LogP contribution is 2.38. The van der Waals surface area contributed by atoms with Crippen molar-refractivity contribution in [3.8, 4) is 16.8 Å². The average molecular weight is 488 g/mol. The molecule has 0 radical (unpaired) electrons. The maximum atomic E-state index is 14.8. The number of halogens is 2. The third-order valence-corrected chi connectivity index (χ3v) is 6.73. The molecule has 2 aliphatic rings. The molecule has 5 heterocycles. The van der Waals surface area contributed by atoms with Gasteiger partial charge in [-0.25, -0.2) is 4.99 Å². The molecule has 0 spiro atoms. The van der Waals surface area contributed by atoms with Gasteiger partial charge in [0.25, 0.3) is 5.56 Å². The second-order valence-electron chi connectivity index (χ2n) is 8.65. The summed E-state index contributed by atoms with van der Waals surface area (Å²) >= 11 is 6.28. The van der Waals surface area contributed by atoms with Gasteiger partial charge in [-0.3, -0.25) is 9.78 Å². The predicted molar refractivity (Wildman–Crippen MR) is 130 cm³/mol. The van der Waals surface area contributed by atoms with Crippen LogP contribution in [0, 0.1) is 6.92 Å². The molecule has 0 unspecified atom stereocenters. The Labute approximate surface area is 204 Å². The number of pyridine rings is 2. The Hall–Kier alpha value is -3.98. The predicted octanol–water partition coefficient (Wildman–Crippen LogP) is 4.52. The van der Waals surface area contributed by atoms with Gasteiger partial charge in [0.2, 0.25) is 5.95 Å². The largest absolute Gasteiger partial charge is 0.304 e. The fourth-order valence-corrected chi connectivity index (χ4v) is 5.00. The number of allylic oxidation sites excluding steroid dienone is 1. The number of aryl methyl sites for hydroxylation is 2. The second kappa shape index (κ2) is 8.35. The summed E-state index contributed by atoms with van der Waals surface area (Å²) in [6, 6.07) is 12.3. The highest BCUT2D eigenvalue weighted by atomic mass is 35.5. The molecule has 0 saturated heterocycles. The lowest BCUT2D eigenvalue weighted by Gasteiger charge is -2.17. The van der Waals surface area contributed by atoms with Crippen LogP contribution in [0.5, 0.6) is 0 Å². The summed E-state index contributed by atoms with van der Waals surface area (Å²) in [6.07, 6.45) is 4.86. The van der Waals surface area contributed by atoms with Gasteiger partial charge in [-0.1, -0.05) is 17.7 Å². The molecule has 0 amide bonds. The van der Waals surface area contributed by atoms with Crippen molar-refractivity contribution in [3.63, 3.8) is 0 Å². The van der Waals surface area contributed by atoms with Gasteiger partial charge in [0.15, 0.2) is 0 Å². The molecule has 1 atom stereocenters. The zero-order chi connectivity index (χ0) is 24.1. The first kappa shape index (κ1) is 21.5. The van der Waals surface area contributed by atoms with E-state index in [2.05, 4.69) is 25.5 Å². The number of nitrogens with zero attached hydrogens (tertiary/aromatic N) is 7. The lowest BCUT2D eigenvalue weighted by molar-refractivity contribution is 0.624. The monoisotopic (exact) mass is 487 g/mol. The topological polar surface area (TPSA) is 90.9 Å². The summed E-state index contributed by atoms with van der Waals surface area (Å²) in [4.78, 5) is 21.8. The first-order valence-corrected chi connectivity index (χ1v) is 11.5. The van der Waals surface area contributed by atoms with Crippen LogP contribution in [-0.2, 0) is 6.42 Å². The van der Waals surface area contributed by atoms with E-state index in [-0.39, 0.29) is 11.6 Å². The van der Waals surface area contributed by atoms with Crippen molar-refractivity contribution in [1.29, 1.82) is 0 Å². The molecule has 0 bridgehead atoms. The summed E-state index contributed by atoms with van der Waals surface area (Å²) in [7, 11) is 0. The van der Waals surface area contributed by atoms with Crippen molar-refractivity contribution < 1.29 is 4.39 Å². The molecule has 6 rings (SSSR count). The SMILES string of the molecule is Cc1ccc(C2=C(F)N=C([C@@H]3CCc4cc(-c5cc(Cl)ccc5-n5cnnn5)cc(=O)n43)C2)cn1. The van der Waals surface area contributed by atoms with Crippen molar-refractivity contribution in [1.82, 2.24) is 29.8 Å². The number of rotatable bonds is 4. The van der Waals surface area contributed by atoms with E-state index in [4.69, 9.17) is 11.6 Å². The molecule has 2 aliphatic heterocycles. The smallest absolute Gasteiger partial charge is 0.251 e. The van der Waals surface area contributed by atoms with Crippen molar-refractivity contribution in [2.24, 2.45) is 4.99 Å². The van der Waals surface area contributed by atoms with E-state index in [1.165, 1.54) is 11.0 Å². The van der Waals surface area contributed by atoms with Crippen molar-refractivity contribution in [2.45, 2.75) is 32.2 Å². The van der Waals surface area contributed by atoms with E-state index >= 15 is 0 Å². The second-order valence-corrected chi connectivity index (χ2v) is 9.09. The minimum atomic E-state index is -0.506. The molecule has 3 aromatic heterocycles. The summed E-state index contributed by atoms with van der Waals surface area (Å²) in [5.74, 6) is -0.506.